The second-order valence-electron chi connectivity index (χ2n) is 2.66. The molecule has 0 bridgehead atoms. The smallest absolute Gasteiger partial charge is 0.211 e. The quantitative estimate of drug-likeness (QED) is 0.325. The highest BCUT2D eigenvalue weighted by molar-refractivity contribution is 5.85. The summed E-state index contributed by atoms with van der Waals surface area (Å²) in [6.07, 6.45) is 2.76. The lowest BCUT2D eigenvalue weighted by Crippen LogP contribution is -2.22. The van der Waals surface area contributed by atoms with Crippen molar-refractivity contribution < 1.29 is 4.74 Å². The monoisotopic (exact) mass is 170 g/mol. The number of hydrogen-bond donors (Lipinski definition) is 2. The van der Waals surface area contributed by atoms with Gasteiger partial charge in [0.05, 0.1) is 6.61 Å². The van der Waals surface area contributed by atoms with Crippen molar-refractivity contribution in [3.63, 3.8) is 0 Å². The van der Waals surface area contributed by atoms with Gasteiger partial charge >= 0.3 is 0 Å². The summed E-state index contributed by atoms with van der Waals surface area (Å²) in [5.74, 6) is 0.00710. The van der Waals surface area contributed by atoms with Crippen LogP contribution in [0.25, 0.3) is 0 Å². The van der Waals surface area contributed by atoms with E-state index in [1.807, 2.05) is 0 Å². The minimum absolute atomic E-state index is 0.00710. The third-order valence-corrected chi connectivity index (χ3v) is 1.60. The van der Waals surface area contributed by atoms with E-state index in [1.165, 1.54) is 0 Å². The SMILES string of the molecule is NC(N)=N/N=C1\CCCOCC1. The second-order valence-corrected chi connectivity index (χ2v) is 2.66. The molecule has 4 N–H and O–H groups in total. The van der Waals surface area contributed by atoms with Crippen LogP contribution in [0.3, 0.4) is 0 Å². The molecule has 5 heteroatoms. The zero-order chi connectivity index (χ0) is 8.81. The third kappa shape index (κ3) is 3.34. The molecule has 0 aliphatic carbocycles. The predicted octanol–water partition coefficient (Wildman–Crippen LogP) is -0.184. The molecule has 1 aliphatic heterocycles. The first-order valence-electron chi connectivity index (χ1n) is 4.01. The number of rotatable bonds is 1. The molecule has 12 heavy (non-hydrogen) atoms. The van der Waals surface area contributed by atoms with Crippen LogP contribution in [0.4, 0.5) is 0 Å². The normalized spacial score (nSPS) is 21.8. The van der Waals surface area contributed by atoms with E-state index in [2.05, 4.69) is 10.2 Å². The molecule has 0 saturated carbocycles. The fraction of sp³-hybridized carbons (Fsp3) is 0.714. The predicted molar refractivity (Wildman–Crippen MR) is 47.9 cm³/mol. The molecule has 0 aromatic rings. The van der Waals surface area contributed by atoms with Crippen molar-refractivity contribution in [3.8, 4) is 0 Å². The first-order chi connectivity index (χ1) is 5.79. The lowest BCUT2D eigenvalue weighted by atomic mass is 10.2. The highest BCUT2D eigenvalue weighted by Crippen LogP contribution is 2.04. The molecule has 1 aliphatic rings. The number of ether oxygens (including phenoxy) is 1. The van der Waals surface area contributed by atoms with Crippen molar-refractivity contribution in [2.45, 2.75) is 19.3 Å². The van der Waals surface area contributed by atoms with Gasteiger partial charge in [-0.05, 0) is 12.8 Å². The molecular formula is C7H14N4O. The minimum Gasteiger partial charge on any atom is -0.381 e. The fourth-order valence-corrected chi connectivity index (χ4v) is 1.02. The first-order valence-corrected chi connectivity index (χ1v) is 4.01. The average Bonchev–Trinajstić information content (AvgIpc) is 2.28. The Bertz CT molecular complexity index is 186. The molecule has 5 nitrogen and oxygen atoms in total. The van der Waals surface area contributed by atoms with E-state index in [0.29, 0.717) is 0 Å². The van der Waals surface area contributed by atoms with Gasteiger partial charge in [0.15, 0.2) is 0 Å². The van der Waals surface area contributed by atoms with E-state index in [0.717, 1.165) is 38.2 Å². The zero-order valence-electron chi connectivity index (χ0n) is 6.99. The minimum atomic E-state index is 0.00710. The highest BCUT2D eigenvalue weighted by Gasteiger charge is 2.04. The van der Waals surface area contributed by atoms with E-state index in [1.54, 1.807) is 0 Å². The third-order valence-electron chi connectivity index (χ3n) is 1.60. The molecule has 1 heterocycles. The molecule has 1 rings (SSSR count). The van der Waals surface area contributed by atoms with Crippen LogP contribution >= 0.6 is 0 Å². The maximum absolute atomic E-state index is 5.24. The molecule has 1 fully saturated rings. The van der Waals surface area contributed by atoms with E-state index in [-0.39, 0.29) is 5.96 Å². The van der Waals surface area contributed by atoms with Gasteiger partial charge < -0.3 is 16.2 Å². The lowest BCUT2D eigenvalue weighted by Gasteiger charge is -1.95. The molecule has 0 aromatic heterocycles. The largest absolute Gasteiger partial charge is 0.381 e. The maximum Gasteiger partial charge on any atom is 0.211 e. The van der Waals surface area contributed by atoms with Crippen molar-refractivity contribution >= 4 is 11.7 Å². The van der Waals surface area contributed by atoms with Crippen LogP contribution in [-0.4, -0.2) is 24.9 Å². The van der Waals surface area contributed by atoms with Gasteiger partial charge in [0, 0.05) is 18.7 Å². The van der Waals surface area contributed by atoms with Gasteiger partial charge in [-0.1, -0.05) is 0 Å². The van der Waals surface area contributed by atoms with E-state index >= 15 is 0 Å². The van der Waals surface area contributed by atoms with Crippen LogP contribution < -0.4 is 11.5 Å². The molecule has 0 spiro atoms. The van der Waals surface area contributed by atoms with Gasteiger partial charge in [0.1, 0.15) is 0 Å². The average molecular weight is 170 g/mol. The van der Waals surface area contributed by atoms with E-state index in [4.69, 9.17) is 16.2 Å². The fourth-order valence-electron chi connectivity index (χ4n) is 1.02. The van der Waals surface area contributed by atoms with Crippen molar-refractivity contribution in [1.29, 1.82) is 0 Å². The zero-order valence-corrected chi connectivity index (χ0v) is 6.99. The van der Waals surface area contributed by atoms with Gasteiger partial charge in [-0.3, -0.25) is 0 Å². The maximum atomic E-state index is 5.24. The Morgan fingerprint density at radius 1 is 1.25 bits per heavy atom. The van der Waals surface area contributed by atoms with Crippen molar-refractivity contribution in [2.24, 2.45) is 21.7 Å². The summed E-state index contributed by atoms with van der Waals surface area (Å²) in [6.45, 7) is 1.53. The summed E-state index contributed by atoms with van der Waals surface area (Å²) in [6, 6.07) is 0. The number of nitrogens with zero attached hydrogens (tertiary/aromatic N) is 2. The Balaban J connectivity index is 2.48. The van der Waals surface area contributed by atoms with Crippen molar-refractivity contribution in [2.75, 3.05) is 13.2 Å². The molecule has 0 unspecified atom stereocenters. The van der Waals surface area contributed by atoms with Gasteiger partial charge in [0.25, 0.3) is 0 Å². The summed E-state index contributed by atoms with van der Waals surface area (Å²) in [5.41, 5.74) is 11.3. The molecular weight excluding hydrogens is 156 g/mol. The number of guanidine groups is 1. The molecule has 0 aromatic carbocycles. The van der Waals surface area contributed by atoms with Crippen LogP contribution in [-0.2, 0) is 4.74 Å². The second kappa shape index (κ2) is 4.71. The summed E-state index contributed by atoms with van der Waals surface area (Å²) in [5, 5.41) is 7.51. The molecule has 1 saturated heterocycles. The molecule has 0 atom stereocenters. The van der Waals surface area contributed by atoms with Gasteiger partial charge in [-0.25, -0.2) is 0 Å². The molecule has 68 valence electrons. The van der Waals surface area contributed by atoms with E-state index < -0.39 is 0 Å². The number of hydrogen-bond acceptors (Lipinski definition) is 3. The van der Waals surface area contributed by atoms with Crippen molar-refractivity contribution in [1.82, 2.24) is 0 Å². The number of nitrogens with two attached hydrogens (primary N) is 2. The Hall–Kier alpha value is -1.10. The van der Waals surface area contributed by atoms with Gasteiger partial charge in [-0.15, -0.1) is 5.10 Å². The standard InChI is InChI=1S/C7H14N4O/c8-7(9)11-10-6-2-1-4-12-5-3-6/h1-5H2,(H4,8,9,11)/b10-6+. The molecule has 0 amide bonds. The Morgan fingerprint density at radius 3 is 2.83 bits per heavy atom. The summed E-state index contributed by atoms with van der Waals surface area (Å²) in [4.78, 5) is 0. The first kappa shape index (κ1) is 8.99. The van der Waals surface area contributed by atoms with Crippen LogP contribution in [0.2, 0.25) is 0 Å². The molecule has 0 radical (unpaired) electrons. The van der Waals surface area contributed by atoms with Crippen LogP contribution in [0.5, 0.6) is 0 Å². The summed E-state index contributed by atoms with van der Waals surface area (Å²) in [7, 11) is 0. The Labute approximate surface area is 71.5 Å². The summed E-state index contributed by atoms with van der Waals surface area (Å²) < 4.78 is 5.24. The van der Waals surface area contributed by atoms with Gasteiger partial charge in [-0.2, -0.15) is 5.10 Å². The highest BCUT2D eigenvalue weighted by atomic mass is 16.5. The Morgan fingerprint density at radius 2 is 2.08 bits per heavy atom. The van der Waals surface area contributed by atoms with Crippen molar-refractivity contribution in [3.05, 3.63) is 0 Å². The van der Waals surface area contributed by atoms with Gasteiger partial charge in [0.2, 0.25) is 5.96 Å². The summed E-state index contributed by atoms with van der Waals surface area (Å²) >= 11 is 0. The van der Waals surface area contributed by atoms with E-state index in [9.17, 15) is 0 Å². The van der Waals surface area contributed by atoms with Crippen LogP contribution in [0.1, 0.15) is 19.3 Å². The van der Waals surface area contributed by atoms with Crippen LogP contribution in [0, 0.1) is 0 Å². The van der Waals surface area contributed by atoms with Crippen LogP contribution in [0.15, 0.2) is 10.2 Å². The topological polar surface area (TPSA) is 86.0 Å². The Kier molecular flexibility index (Phi) is 3.53. The lowest BCUT2D eigenvalue weighted by molar-refractivity contribution is 0.147.